The van der Waals surface area contributed by atoms with Crippen molar-refractivity contribution < 1.29 is 0 Å². The number of thiophene rings is 1. The first-order valence-electron chi connectivity index (χ1n) is 26.9. The number of para-hydroxylation sites is 1. The van der Waals surface area contributed by atoms with E-state index in [-0.39, 0.29) is 39.2 Å². The summed E-state index contributed by atoms with van der Waals surface area (Å²) in [5.74, 6) is 0. The van der Waals surface area contributed by atoms with E-state index in [1.54, 1.807) is 0 Å². The highest BCUT2D eigenvalue weighted by Crippen LogP contribution is 2.54. The molecule has 3 nitrogen and oxygen atoms in total. The van der Waals surface area contributed by atoms with E-state index in [1.807, 2.05) is 11.3 Å². The minimum absolute atomic E-state index is 0.00626. The Balaban J connectivity index is 1.29. The van der Waals surface area contributed by atoms with Gasteiger partial charge >= 0.3 is 0 Å². The Bertz CT molecular complexity index is 3420. The number of hydrogen-bond donors (Lipinski definition) is 0. The summed E-state index contributed by atoms with van der Waals surface area (Å²) in [6.45, 7) is 37.8. The second-order valence-corrected chi connectivity index (χ2v) is 28.1. The smallest absolute Gasteiger partial charge is 0.264 e. The van der Waals surface area contributed by atoms with E-state index in [0.717, 1.165) is 22.7 Å². The van der Waals surface area contributed by atoms with Gasteiger partial charge in [0.2, 0.25) is 0 Å². The fourth-order valence-corrected chi connectivity index (χ4v) is 13.4. The average Bonchev–Trinajstić information content (AvgIpc) is 3.70. The molecule has 0 spiro atoms. The van der Waals surface area contributed by atoms with Gasteiger partial charge in [-0.3, -0.25) is 0 Å². The van der Waals surface area contributed by atoms with Gasteiger partial charge in [-0.25, -0.2) is 0 Å². The zero-order chi connectivity index (χ0) is 51.9. The van der Waals surface area contributed by atoms with Crippen LogP contribution in [0.1, 0.15) is 157 Å². The van der Waals surface area contributed by atoms with Gasteiger partial charge in [0.25, 0.3) is 6.71 Å². The van der Waals surface area contributed by atoms with Gasteiger partial charge < -0.3 is 14.7 Å². The third-order valence-electron chi connectivity index (χ3n) is 16.7. The average molecular weight is 978 g/mol. The third-order valence-corrected chi connectivity index (χ3v) is 17.9. The van der Waals surface area contributed by atoms with E-state index in [0.29, 0.717) is 0 Å². The summed E-state index contributed by atoms with van der Waals surface area (Å²) in [6, 6.07) is 57.0. The molecule has 0 fully saturated rings. The predicted molar refractivity (Wildman–Crippen MR) is 321 cm³/mol. The summed E-state index contributed by atoms with van der Waals surface area (Å²) < 4.78 is 2.79. The zero-order valence-corrected chi connectivity index (χ0v) is 47.4. The van der Waals surface area contributed by atoms with Crippen LogP contribution in [0.25, 0.3) is 10.1 Å². The summed E-state index contributed by atoms with van der Waals surface area (Å²) in [6.07, 6.45) is 2.35. The maximum Gasteiger partial charge on any atom is 0.264 e. The van der Waals surface area contributed by atoms with Crippen molar-refractivity contribution in [3.63, 3.8) is 0 Å². The normalized spacial score (nSPS) is 16.0. The summed E-state index contributed by atoms with van der Waals surface area (Å²) in [4.78, 5) is 7.76. The molecule has 1 aliphatic carbocycles. The number of anilines is 9. The van der Waals surface area contributed by atoms with E-state index in [2.05, 4.69) is 271 Å². The molecule has 3 heterocycles. The number of benzene rings is 7. The molecular weight excluding hydrogens is 902 g/mol. The number of hydrogen-bond acceptors (Lipinski definition) is 4. The number of rotatable bonds is 5. The molecule has 372 valence electrons. The van der Waals surface area contributed by atoms with Crippen molar-refractivity contribution in [2.45, 2.75) is 156 Å². The quantitative estimate of drug-likeness (QED) is 0.159. The standard InChI is InChI=1S/C68H76BN3S/c1-63(2,3)43-22-29-48(30-23-43)70(47-20-18-17-19-21-47)51-39-57-60-58(40-51)72(50-33-26-45(27-34-50)65(7,8)9)61-52-41-53-54(68(15,16)37-36-67(53,13)14)42-59(52)73-62(61)69(60)55-38-46(66(10,11)12)28-35-56(55)71(57)49-31-24-44(25-32-49)64(4,5)6/h17-35,38-42H,36-37H2,1-16H3. The van der Waals surface area contributed by atoms with Crippen LogP contribution in [0.15, 0.2) is 146 Å². The molecule has 11 rings (SSSR count). The summed E-state index contributed by atoms with van der Waals surface area (Å²) in [5.41, 5.74) is 21.9. The highest BCUT2D eigenvalue weighted by Gasteiger charge is 2.47. The first-order chi connectivity index (χ1) is 34.2. The van der Waals surface area contributed by atoms with Gasteiger partial charge in [0.15, 0.2) is 0 Å². The lowest BCUT2D eigenvalue weighted by Crippen LogP contribution is -2.60. The molecule has 5 heteroatoms. The Kier molecular flexibility index (Phi) is 11.3. The Morgan fingerprint density at radius 3 is 1.42 bits per heavy atom. The van der Waals surface area contributed by atoms with Crippen molar-refractivity contribution in [1.82, 2.24) is 0 Å². The van der Waals surface area contributed by atoms with E-state index in [4.69, 9.17) is 0 Å². The molecular formula is C68H76BN3S. The van der Waals surface area contributed by atoms with Crippen LogP contribution in [0.3, 0.4) is 0 Å². The van der Waals surface area contributed by atoms with Crippen molar-refractivity contribution in [3.05, 3.63) is 179 Å². The molecule has 8 aromatic rings. The molecule has 0 radical (unpaired) electrons. The van der Waals surface area contributed by atoms with Crippen molar-refractivity contribution >= 4 is 95.0 Å². The maximum absolute atomic E-state index is 2.68. The molecule has 0 atom stereocenters. The van der Waals surface area contributed by atoms with Gasteiger partial charge in [-0.15, -0.1) is 11.3 Å². The molecule has 3 aliphatic rings. The molecule has 73 heavy (non-hydrogen) atoms. The zero-order valence-electron chi connectivity index (χ0n) is 46.6. The molecule has 0 unspecified atom stereocenters. The summed E-state index contributed by atoms with van der Waals surface area (Å²) in [7, 11) is 0. The van der Waals surface area contributed by atoms with Gasteiger partial charge in [0.05, 0.1) is 11.4 Å². The number of nitrogens with zero attached hydrogens (tertiary/aromatic N) is 3. The second kappa shape index (κ2) is 16.7. The van der Waals surface area contributed by atoms with Crippen molar-refractivity contribution in [1.29, 1.82) is 0 Å². The van der Waals surface area contributed by atoms with Gasteiger partial charge in [-0.1, -0.05) is 178 Å². The molecule has 2 aliphatic heterocycles. The first kappa shape index (κ1) is 49.2. The third kappa shape index (κ3) is 8.33. The van der Waals surface area contributed by atoms with E-state index >= 15 is 0 Å². The van der Waals surface area contributed by atoms with Crippen molar-refractivity contribution in [2.75, 3.05) is 14.7 Å². The minimum Gasteiger partial charge on any atom is -0.311 e. The van der Waals surface area contributed by atoms with Crippen LogP contribution in [-0.2, 0) is 32.5 Å². The fourth-order valence-electron chi connectivity index (χ4n) is 12.0. The molecule has 0 saturated heterocycles. The van der Waals surface area contributed by atoms with Gasteiger partial charge in [0, 0.05) is 54.7 Å². The first-order valence-corrected chi connectivity index (χ1v) is 27.7. The van der Waals surface area contributed by atoms with E-state index in [9.17, 15) is 0 Å². The lowest BCUT2D eigenvalue weighted by molar-refractivity contribution is 0.332. The maximum atomic E-state index is 2.68. The largest absolute Gasteiger partial charge is 0.311 e. The Morgan fingerprint density at radius 1 is 0.452 bits per heavy atom. The van der Waals surface area contributed by atoms with Crippen LogP contribution >= 0.6 is 11.3 Å². The lowest BCUT2D eigenvalue weighted by atomic mass is 9.36. The highest BCUT2D eigenvalue weighted by atomic mass is 32.1. The van der Waals surface area contributed by atoms with Gasteiger partial charge in [0.1, 0.15) is 0 Å². The molecule has 0 bridgehead atoms. The van der Waals surface area contributed by atoms with E-state index in [1.165, 1.54) is 100 Å². The summed E-state index contributed by atoms with van der Waals surface area (Å²) >= 11 is 2.03. The van der Waals surface area contributed by atoms with Crippen molar-refractivity contribution in [2.24, 2.45) is 0 Å². The molecule has 0 saturated carbocycles. The Morgan fingerprint density at radius 2 is 0.904 bits per heavy atom. The summed E-state index contributed by atoms with van der Waals surface area (Å²) in [5, 5.41) is 1.36. The molecule has 0 amide bonds. The van der Waals surface area contributed by atoms with Crippen molar-refractivity contribution in [3.8, 4) is 0 Å². The minimum atomic E-state index is -0.0470. The van der Waals surface area contributed by atoms with Crippen LogP contribution in [-0.4, -0.2) is 6.71 Å². The SMILES string of the molecule is CC(C)(C)c1ccc(N(c2ccccc2)c2cc3c4c(c2)N(c2ccc(C(C)(C)C)cc2)c2c(sc5cc6c(cc25)C(C)(C)CCC6(C)C)B4c2cc(C(C)(C)C)ccc2N3c2ccc(C(C)(C)C)cc2)cc1. The van der Waals surface area contributed by atoms with Gasteiger partial charge in [-0.2, -0.15) is 0 Å². The topological polar surface area (TPSA) is 9.72 Å². The Hall–Kier alpha value is -6.04. The van der Waals surface area contributed by atoms with E-state index < -0.39 is 0 Å². The second-order valence-electron chi connectivity index (χ2n) is 27.1. The fraction of sp³-hybridized carbons (Fsp3) is 0.353. The predicted octanol–water partition coefficient (Wildman–Crippen LogP) is 18.0. The number of fused-ring (bicyclic) bond motifs is 7. The van der Waals surface area contributed by atoms with Crippen LogP contribution < -0.4 is 30.4 Å². The Labute approximate surface area is 442 Å². The van der Waals surface area contributed by atoms with Crippen LogP contribution in [0.5, 0.6) is 0 Å². The lowest BCUT2D eigenvalue weighted by Gasteiger charge is -2.44. The van der Waals surface area contributed by atoms with Crippen LogP contribution in [0.2, 0.25) is 0 Å². The molecule has 1 aromatic heterocycles. The van der Waals surface area contributed by atoms with Crippen LogP contribution in [0, 0.1) is 0 Å². The molecule has 0 N–H and O–H groups in total. The highest BCUT2D eigenvalue weighted by molar-refractivity contribution is 7.33. The molecule has 7 aromatic carbocycles. The van der Waals surface area contributed by atoms with Gasteiger partial charge in [-0.05, 0) is 169 Å². The van der Waals surface area contributed by atoms with Crippen LogP contribution in [0.4, 0.5) is 51.2 Å². The monoisotopic (exact) mass is 978 g/mol.